The molecule has 0 aliphatic heterocycles. The van der Waals surface area contributed by atoms with Crippen LogP contribution in [0.15, 0.2) is 22.7 Å². The zero-order valence-electron chi connectivity index (χ0n) is 6.27. The Hall–Kier alpha value is -0.0100. The van der Waals surface area contributed by atoms with Crippen LogP contribution in [0.3, 0.4) is 0 Å². The zero-order chi connectivity index (χ0) is 8.43. The van der Waals surface area contributed by atoms with Crippen molar-refractivity contribution in [1.82, 2.24) is 0 Å². The molecule has 11 heavy (non-hydrogen) atoms. The first-order chi connectivity index (χ1) is 5.13. The van der Waals surface area contributed by atoms with E-state index < -0.39 is 0 Å². The molecule has 0 aromatic heterocycles. The highest BCUT2D eigenvalue weighted by Crippen LogP contribution is 2.30. The summed E-state index contributed by atoms with van der Waals surface area (Å²) in [6.45, 7) is 5.96. The zero-order valence-corrected chi connectivity index (χ0v) is 8.61. The van der Waals surface area contributed by atoms with Crippen molar-refractivity contribution in [3.05, 3.63) is 40.2 Å². The van der Waals surface area contributed by atoms with E-state index in [-0.39, 0.29) is 5.92 Å². The minimum Gasteiger partial charge on any atom is -0.0831 e. The maximum absolute atomic E-state index is 5.88. The summed E-state index contributed by atoms with van der Waals surface area (Å²) >= 11 is 9.29. The van der Waals surface area contributed by atoms with Gasteiger partial charge in [-0.15, -0.1) is 0 Å². The van der Waals surface area contributed by atoms with Gasteiger partial charge in [-0.3, -0.25) is 0 Å². The summed E-state index contributed by atoms with van der Waals surface area (Å²) in [6, 6.07) is 5.81. The number of hydrogen-bond acceptors (Lipinski definition) is 0. The predicted octanol–water partition coefficient (Wildman–Crippen LogP) is 4.04. The summed E-state index contributed by atoms with van der Waals surface area (Å²) < 4.78 is 0.962. The normalized spacial score (nSPS) is 10.6. The lowest BCUT2D eigenvalue weighted by Gasteiger charge is -2.08. The molecule has 1 rings (SSSR count). The maximum atomic E-state index is 5.88. The SMILES string of the molecule is [CH2]C(C)c1cccc(Cl)c1Br. The quantitative estimate of drug-likeness (QED) is 0.685. The van der Waals surface area contributed by atoms with E-state index in [1.807, 2.05) is 25.1 Å². The van der Waals surface area contributed by atoms with Gasteiger partial charge >= 0.3 is 0 Å². The highest BCUT2D eigenvalue weighted by molar-refractivity contribution is 9.10. The van der Waals surface area contributed by atoms with Gasteiger partial charge in [-0.05, 0) is 40.4 Å². The average Bonchev–Trinajstić information content (AvgIpc) is 1.94. The Morgan fingerprint density at radius 3 is 2.64 bits per heavy atom. The second kappa shape index (κ2) is 3.59. The van der Waals surface area contributed by atoms with Crippen LogP contribution in [0.2, 0.25) is 5.02 Å². The molecule has 1 radical (unpaired) electrons. The van der Waals surface area contributed by atoms with Crippen LogP contribution in [0.1, 0.15) is 18.4 Å². The standard InChI is InChI=1S/C9H9BrCl/c1-6(2)7-4-3-5-8(11)9(7)10/h3-6H,1H2,2H3. The first-order valence-corrected chi connectivity index (χ1v) is 4.57. The van der Waals surface area contributed by atoms with Crippen molar-refractivity contribution < 1.29 is 0 Å². The third-order valence-electron chi connectivity index (χ3n) is 1.51. The Balaban J connectivity index is 3.17. The number of rotatable bonds is 1. The minimum absolute atomic E-state index is 0.267. The van der Waals surface area contributed by atoms with Gasteiger partial charge < -0.3 is 0 Å². The lowest BCUT2D eigenvalue weighted by Crippen LogP contribution is -1.88. The number of halogens is 2. The second-order valence-electron chi connectivity index (χ2n) is 2.54. The molecule has 59 valence electrons. The van der Waals surface area contributed by atoms with Crippen LogP contribution >= 0.6 is 27.5 Å². The molecule has 1 aromatic rings. The van der Waals surface area contributed by atoms with Crippen molar-refractivity contribution in [3.8, 4) is 0 Å². The molecule has 0 N–H and O–H groups in total. The molecule has 0 fully saturated rings. The molecule has 0 nitrogen and oxygen atoms in total. The first-order valence-electron chi connectivity index (χ1n) is 3.40. The molecule has 0 saturated carbocycles. The van der Waals surface area contributed by atoms with Crippen LogP contribution in [-0.2, 0) is 0 Å². The molecule has 1 aromatic carbocycles. The Morgan fingerprint density at radius 2 is 2.18 bits per heavy atom. The molecule has 0 heterocycles. The smallest absolute Gasteiger partial charge is 0.0550 e. The Labute approximate surface area is 80.7 Å². The molecule has 0 saturated heterocycles. The molecule has 0 amide bonds. The molecule has 1 atom stereocenters. The number of hydrogen-bond donors (Lipinski definition) is 0. The van der Waals surface area contributed by atoms with Gasteiger partial charge in [0.05, 0.1) is 5.02 Å². The predicted molar refractivity (Wildman–Crippen MR) is 52.9 cm³/mol. The van der Waals surface area contributed by atoms with Gasteiger partial charge in [-0.1, -0.05) is 30.7 Å². The summed E-state index contributed by atoms with van der Waals surface area (Å²) in [5.74, 6) is 0.267. The molecule has 0 bridgehead atoms. The Bertz CT molecular complexity index is 256. The summed E-state index contributed by atoms with van der Waals surface area (Å²) in [5.41, 5.74) is 1.15. The van der Waals surface area contributed by atoms with Crippen LogP contribution in [0, 0.1) is 6.92 Å². The molecule has 0 spiro atoms. The average molecular weight is 233 g/mol. The second-order valence-corrected chi connectivity index (χ2v) is 3.74. The summed E-state index contributed by atoms with van der Waals surface area (Å²) in [7, 11) is 0. The van der Waals surface area contributed by atoms with E-state index in [9.17, 15) is 0 Å². The monoisotopic (exact) mass is 231 g/mol. The fourth-order valence-corrected chi connectivity index (χ4v) is 1.74. The number of benzene rings is 1. The van der Waals surface area contributed by atoms with E-state index in [1.54, 1.807) is 0 Å². The van der Waals surface area contributed by atoms with E-state index in [0.717, 1.165) is 15.1 Å². The molecule has 0 aliphatic carbocycles. The van der Waals surface area contributed by atoms with Gasteiger partial charge in [0.15, 0.2) is 0 Å². The fourth-order valence-electron chi connectivity index (χ4n) is 0.901. The third-order valence-corrected chi connectivity index (χ3v) is 2.94. The van der Waals surface area contributed by atoms with Gasteiger partial charge in [0, 0.05) is 4.47 Å². The van der Waals surface area contributed by atoms with Crippen molar-refractivity contribution in [1.29, 1.82) is 0 Å². The Kier molecular flexibility index (Phi) is 2.97. The van der Waals surface area contributed by atoms with Crippen LogP contribution in [-0.4, -0.2) is 0 Å². The summed E-state index contributed by atoms with van der Waals surface area (Å²) in [6.07, 6.45) is 0. The van der Waals surface area contributed by atoms with Crippen molar-refractivity contribution in [2.75, 3.05) is 0 Å². The minimum atomic E-state index is 0.267. The van der Waals surface area contributed by atoms with Gasteiger partial charge in [-0.2, -0.15) is 0 Å². The lowest BCUT2D eigenvalue weighted by atomic mass is 10.0. The van der Waals surface area contributed by atoms with Crippen LogP contribution in [0.5, 0.6) is 0 Å². The lowest BCUT2D eigenvalue weighted by molar-refractivity contribution is 0.957. The van der Waals surface area contributed by atoms with Crippen LogP contribution in [0.4, 0.5) is 0 Å². The van der Waals surface area contributed by atoms with Gasteiger partial charge in [-0.25, -0.2) is 0 Å². The highest BCUT2D eigenvalue weighted by atomic mass is 79.9. The largest absolute Gasteiger partial charge is 0.0831 e. The molecular formula is C9H9BrCl. The summed E-state index contributed by atoms with van der Waals surface area (Å²) in [5, 5.41) is 0.748. The van der Waals surface area contributed by atoms with Crippen LogP contribution < -0.4 is 0 Å². The maximum Gasteiger partial charge on any atom is 0.0550 e. The van der Waals surface area contributed by atoms with E-state index in [2.05, 4.69) is 22.9 Å². The molecule has 0 aliphatic rings. The van der Waals surface area contributed by atoms with Crippen molar-refractivity contribution in [2.45, 2.75) is 12.8 Å². The Morgan fingerprint density at radius 1 is 1.55 bits per heavy atom. The first kappa shape index (κ1) is 9.08. The van der Waals surface area contributed by atoms with Crippen molar-refractivity contribution in [2.24, 2.45) is 0 Å². The van der Waals surface area contributed by atoms with E-state index in [1.165, 1.54) is 0 Å². The third kappa shape index (κ3) is 1.97. The molecular weight excluding hydrogens is 223 g/mol. The highest BCUT2D eigenvalue weighted by Gasteiger charge is 2.05. The molecule has 1 unspecified atom stereocenters. The molecule has 2 heteroatoms. The van der Waals surface area contributed by atoms with Gasteiger partial charge in [0.2, 0.25) is 0 Å². The van der Waals surface area contributed by atoms with E-state index in [0.29, 0.717) is 0 Å². The van der Waals surface area contributed by atoms with Crippen LogP contribution in [0.25, 0.3) is 0 Å². The van der Waals surface area contributed by atoms with Crippen molar-refractivity contribution >= 4 is 27.5 Å². The van der Waals surface area contributed by atoms with Gasteiger partial charge in [0.25, 0.3) is 0 Å². The van der Waals surface area contributed by atoms with Gasteiger partial charge in [0.1, 0.15) is 0 Å². The topological polar surface area (TPSA) is 0 Å². The fraction of sp³-hybridized carbons (Fsp3) is 0.222. The summed E-state index contributed by atoms with van der Waals surface area (Å²) in [4.78, 5) is 0. The van der Waals surface area contributed by atoms with E-state index in [4.69, 9.17) is 11.6 Å². The van der Waals surface area contributed by atoms with Crippen molar-refractivity contribution in [3.63, 3.8) is 0 Å². The van der Waals surface area contributed by atoms with E-state index >= 15 is 0 Å².